The summed E-state index contributed by atoms with van der Waals surface area (Å²) < 4.78 is 5.48. The molecule has 2 aromatic heterocycles. The van der Waals surface area contributed by atoms with Gasteiger partial charge in [-0.05, 0) is 32.9 Å². The van der Waals surface area contributed by atoms with E-state index in [0.717, 1.165) is 21.5 Å². The van der Waals surface area contributed by atoms with Gasteiger partial charge in [0.15, 0.2) is 0 Å². The van der Waals surface area contributed by atoms with E-state index in [0.29, 0.717) is 31.5 Å². The molecule has 144 valence electrons. The number of anilines is 1. The van der Waals surface area contributed by atoms with Crippen molar-refractivity contribution in [3.63, 3.8) is 0 Å². The third kappa shape index (κ3) is 4.07. The SMILES string of the molecule is C=c1[nH]cc/c1=c1\c(N2CCN(C(=O)OC(C)(C)C)CC2)ccn\c1=C\N. The van der Waals surface area contributed by atoms with Crippen molar-refractivity contribution in [3.8, 4) is 0 Å². The van der Waals surface area contributed by atoms with Gasteiger partial charge in [-0.2, -0.15) is 0 Å². The van der Waals surface area contributed by atoms with Crippen LogP contribution in [0.1, 0.15) is 20.8 Å². The van der Waals surface area contributed by atoms with Gasteiger partial charge in [-0.25, -0.2) is 4.79 Å². The summed E-state index contributed by atoms with van der Waals surface area (Å²) in [5, 5.41) is 3.47. The Morgan fingerprint density at radius 3 is 2.56 bits per heavy atom. The molecule has 7 nitrogen and oxygen atoms in total. The number of ether oxygens (including phenoxy) is 1. The van der Waals surface area contributed by atoms with Crippen LogP contribution in [0.15, 0.2) is 24.5 Å². The Kier molecular flexibility index (Phi) is 5.12. The number of rotatable bonds is 1. The average molecular weight is 369 g/mol. The number of nitrogens with zero attached hydrogens (tertiary/aromatic N) is 3. The molecule has 1 aliphatic rings. The van der Waals surface area contributed by atoms with E-state index < -0.39 is 5.60 Å². The molecule has 0 saturated carbocycles. The first kappa shape index (κ1) is 18.8. The van der Waals surface area contributed by atoms with Gasteiger partial charge in [-0.1, -0.05) is 6.58 Å². The van der Waals surface area contributed by atoms with Crippen LogP contribution in [0.5, 0.6) is 0 Å². The van der Waals surface area contributed by atoms with Crippen LogP contribution in [0.2, 0.25) is 0 Å². The van der Waals surface area contributed by atoms with Crippen molar-refractivity contribution in [2.75, 3.05) is 31.1 Å². The quantitative estimate of drug-likeness (QED) is 0.779. The minimum atomic E-state index is -0.489. The highest BCUT2D eigenvalue weighted by molar-refractivity contribution is 5.68. The van der Waals surface area contributed by atoms with E-state index in [9.17, 15) is 4.79 Å². The molecule has 3 N–H and O–H groups in total. The second kappa shape index (κ2) is 7.34. The van der Waals surface area contributed by atoms with Crippen molar-refractivity contribution in [2.45, 2.75) is 26.4 Å². The first-order valence-corrected chi connectivity index (χ1v) is 9.06. The van der Waals surface area contributed by atoms with Gasteiger partial charge in [0.05, 0.1) is 5.35 Å². The van der Waals surface area contributed by atoms with E-state index in [4.69, 9.17) is 10.5 Å². The van der Waals surface area contributed by atoms with E-state index in [2.05, 4.69) is 21.4 Å². The van der Waals surface area contributed by atoms with Gasteiger partial charge in [0, 0.05) is 66.2 Å². The van der Waals surface area contributed by atoms with Gasteiger partial charge >= 0.3 is 6.09 Å². The van der Waals surface area contributed by atoms with Crippen LogP contribution in [0.3, 0.4) is 0 Å². The number of nitrogens with two attached hydrogens (primary N) is 1. The maximum absolute atomic E-state index is 12.3. The molecular formula is C20H27N5O2. The van der Waals surface area contributed by atoms with Crippen LogP contribution in [0.25, 0.3) is 12.8 Å². The van der Waals surface area contributed by atoms with E-state index >= 15 is 0 Å². The Hall–Kier alpha value is -2.96. The fourth-order valence-corrected chi connectivity index (χ4v) is 3.23. The number of hydrogen-bond donors (Lipinski definition) is 2. The minimum Gasteiger partial charge on any atom is -0.444 e. The fraction of sp³-hybridized carbons (Fsp3) is 0.400. The first-order chi connectivity index (χ1) is 12.8. The Bertz CT molecular complexity index is 1010. The molecule has 2 aromatic rings. The second-order valence-electron chi connectivity index (χ2n) is 7.58. The van der Waals surface area contributed by atoms with Crippen LogP contribution < -0.4 is 21.3 Å². The number of piperazine rings is 1. The summed E-state index contributed by atoms with van der Waals surface area (Å²) in [7, 11) is 0. The number of hydrogen-bond acceptors (Lipinski definition) is 5. The maximum Gasteiger partial charge on any atom is 0.410 e. The van der Waals surface area contributed by atoms with Gasteiger partial charge in [-0.15, -0.1) is 0 Å². The van der Waals surface area contributed by atoms with Crippen LogP contribution in [-0.2, 0) is 4.74 Å². The van der Waals surface area contributed by atoms with E-state index in [1.54, 1.807) is 11.1 Å². The number of aromatic amines is 1. The van der Waals surface area contributed by atoms with E-state index in [-0.39, 0.29) is 6.09 Å². The smallest absolute Gasteiger partial charge is 0.410 e. The summed E-state index contributed by atoms with van der Waals surface area (Å²) >= 11 is 0. The number of amides is 1. The molecule has 1 aliphatic heterocycles. The van der Waals surface area contributed by atoms with Gasteiger partial charge in [0.2, 0.25) is 0 Å². The van der Waals surface area contributed by atoms with Gasteiger partial charge in [-0.3, -0.25) is 4.98 Å². The normalized spacial score (nSPS) is 17.2. The Balaban J connectivity index is 1.92. The van der Waals surface area contributed by atoms with Gasteiger partial charge in [0.25, 0.3) is 0 Å². The van der Waals surface area contributed by atoms with E-state index in [1.165, 1.54) is 6.20 Å². The zero-order chi connectivity index (χ0) is 19.6. The van der Waals surface area contributed by atoms with Gasteiger partial charge < -0.3 is 25.3 Å². The summed E-state index contributed by atoms with van der Waals surface area (Å²) in [6.45, 7) is 12.3. The Labute approximate surface area is 158 Å². The van der Waals surface area contributed by atoms with Gasteiger partial charge in [0.1, 0.15) is 5.60 Å². The molecule has 0 spiro atoms. The molecule has 0 radical (unpaired) electrons. The molecule has 27 heavy (non-hydrogen) atoms. The molecule has 0 unspecified atom stereocenters. The van der Waals surface area contributed by atoms with Crippen molar-refractivity contribution in [1.29, 1.82) is 0 Å². The lowest BCUT2D eigenvalue weighted by Gasteiger charge is -2.36. The third-order valence-electron chi connectivity index (χ3n) is 4.49. The molecule has 3 heterocycles. The number of carbonyl (C=O) groups is 1. The maximum atomic E-state index is 12.3. The fourth-order valence-electron chi connectivity index (χ4n) is 3.23. The summed E-state index contributed by atoms with van der Waals surface area (Å²) in [6, 6.07) is 3.96. The van der Waals surface area contributed by atoms with Crippen molar-refractivity contribution < 1.29 is 9.53 Å². The standard InChI is InChI=1S/C20H27N5O2/c1-14-15(5-7-22-14)18-16(13-21)23-8-6-17(18)24-9-11-25(12-10-24)19(26)27-20(2,3)4/h5-8,13,22H,1,9-12,21H2,2-4H3/b16-13+,18-15+. The zero-order valence-electron chi connectivity index (χ0n) is 16.2. The summed E-state index contributed by atoms with van der Waals surface area (Å²) in [5.74, 6) is 0. The number of aromatic nitrogens is 2. The predicted octanol–water partition coefficient (Wildman–Crippen LogP) is 0.861. The Morgan fingerprint density at radius 1 is 1.30 bits per heavy atom. The summed E-state index contributed by atoms with van der Waals surface area (Å²) in [6.07, 6.45) is 4.86. The van der Waals surface area contributed by atoms with Crippen molar-refractivity contribution in [2.24, 2.45) is 5.73 Å². The van der Waals surface area contributed by atoms with Crippen molar-refractivity contribution >= 4 is 24.6 Å². The average Bonchev–Trinajstić information content (AvgIpc) is 3.05. The lowest BCUT2D eigenvalue weighted by atomic mass is 10.2. The lowest BCUT2D eigenvalue weighted by molar-refractivity contribution is 0.0240. The molecule has 0 atom stereocenters. The monoisotopic (exact) mass is 369 g/mol. The molecule has 0 aromatic carbocycles. The molecule has 1 fully saturated rings. The largest absolute Gasteiger partial charge is 0.444 e. The highest BCUT2D eigenvalue weighted by Crippen LogP contribution is 2.17. The first-order valence-electron chi connectivity index (χ1n) is 9.06. The van der Waals surface area contributed by atoms with Crippen molar-refractivity contribution in [1.82, 2.24) is 14.9 Å². The highest BCUT2D eigenvalue weighted by Gasteiger charge is 2.26. The minimum absolute atomic E-state index is 0.265. The van der Waals surface area contributed by atoms with Crippen LogP contribution >= 0.6 is 0 Å². The van der Waals surface area contributed by atoms with Crippen LogP contribution in [0, 0.1) is 10.4 Å². The molecule has 7 heteroatoms. The van der Waals surface area contributed by atoms with Crippen LogP contribution in [0.4, 0.5) is 10.5 Å². The number of nitrogens with one attached hydrogen (secondary N) is 1. The molecule has 0 aliphatic carbocycles. The molecule has 3 rings (SSSR count). The number of H-pyrrole nitrogens is 1. The topological polar surface area (TPSA) is 87.5 Å². The van der Waals surface area contributed by atoms with Crippen molar-refractivity contribution in [3.05, 3.63) is 45.7 Å². The molecule has 1 amide bonds. The van der Waals surface area contributed by atoms with Crippen LogP contribution in [-0.4, -0.2) is 52.7 Å². The Morgan fingerprint density at radius 2 is 2.00 bits per heavy atom. The van der Waals surface area contributed by atoms with E-state index in [1.807, 2.05) is 39.1 Å². The molecule has 0 bridgehead atoms. The third-order valence-corrected chi connectivity index (χ3v) is 4.49. The molecular weight excluding hydrogens is 342 g/mol. The number of carbonyl (C=O) groups excluding carboxylic acids is 1. The second-order valence-corrected chi connectivity index (χ2v) is 7.58. The molecule has 1 saturated heterocycles. The summed E-state index contributed by atoms with van der Waals surface area (Å²) in [4.78, 5) is 23.8. The number of pyridine rings is 1. The lowest BCUT2D eigenvalue weighted by Crippen LogP contribution is -2.50. The predicted molar refractivity (Wildman–Crippen MR) is 106 cm³/mol. The summed E-state index contributed by atoms with van der Waals surface area (Å²) in [5.41, 5.74) is 6.37. The zero-order valence-corrected chi connectivity index (χ0v) is 16.2. The highest BCUT2D eigenvalue weighted by atomic mass is 16.6.